The minimum atomic E-state index is -1.17. The van der Waals surface area contributed by atoms with Crippen LogP contribution in [-0.2, 0) is 47.6 Å². The first kappa shape index (κ1) is 33.9. The molecular formula is C24H36N2O12. The van der Waals surface area contributed by atoms with Crippen molar-refractivity contribution in [3.8, 4) is 0 Å². The van der Waals surface area contributed by atoms with Crippen molar-refractivity contribution < 1.29 is 57.2 Å². The summed E-state index contributed by atoms with van der Waals surface area (Å²) < 4.78 is 29.6. The molecule has 214 valence electrons. The van der Waals surface area contributed by atoms with Crippen LogP contribution >= 0.6 is 0 Å². The quantitative estimate of drug-likeness (QED) is 0.116. The highest BCUT2D eigenvalue weighted by Gasteiger charge is 2.31. The first-order valence-electron chi connectivity index (χ1n) is 11.5. The number of esters is 4. The van der Waals surface area contributed by atoms with Gasteiger partial charge in [0, 0.05) is 11.1 Å². The molecule has 0 fully saturated rings. The van der Waals surface area contributed by atoms with Gasteiger partial charge in [-0.3, -0.25) is 9.59 Å². The fraction of sp³-hybridized carbons (Fsp3) is 0.583. The lowest BCUT2D eigenvalue weighted by Crippen LogP contribution is -2.40. The Kier molecular flexibility index (Phi) is 16.2. The SMILES string of the molecule is C=C(C)C(=O)OCCNC(=O)OCC(C)(COC(=O)CCC(=O)OC)COC(=O)NCCOC(=O)C(=C)C. The highest BCUT2D eigenvalue weighted by Crippen LogP contribution is 2.19. The second-order valence-electron chi connectivity index (χ2n) is 8.39. The Morgan fingerprint density at radius 2 is 1.05 bits per heavy atom. The molecule has 0 aromatic heterocycles. The van der Waals surface area contributed by atoms with Gasteiger partial charge >= 0.3 is 36.1 Å². The first-order chi connectivity index (χ1) is 17.8. The molecule has 2 N–H and O–H groups in total. The van der Waals surface area contributed by atoms with Crippen molar-refractivity contribution >= 4 is 36.1 Å². The number of ether oxygens (including phenoxy) is 6. The molecule has 0 aliphatic rings. The standard InChI is InChI=1S/C24H36N2O12/c1-16(2)20(29)34-11-9-25-22(31)37-14-24(5,13-36-19(28)8-7-18(27)33-6)15-38-23(32)26-10-12-35-21(30)17(3)4/h1,3,7-15H2,2,4-6H3,(H,25,31)(H,26,32). The van der Waals surface area contributed by atoms with Gasteiger partial charge in [-0.25, -0.2) is 19.2 Å². The smallest absolute Gasteiger partial charge is 0.407 e. The van der Waals surface area contributed by atoms with Crippen LogP contribution in [0.25, 0.3) is 0 Å². The number of carbonyl (C=O) groups is 6. The maximum atomic E-state index is 12.0. The molecule has 14 nitrogen and oxygen atoms in total. The molecule has 14 heteroatoms. The Bertz CT molecular complexity index is 834. The monoisotopic (exact) mass is 544 g/mol. The number of hydrogen-bond acceptors (Lipinski definition) is 12. The second kappa shape index (κ2) is 18.2. The topological polar surface area (TPSA) is 182 Å². The van der Waals surface area contributed by atoms with E-state index in [2.05, 4.69) is 28.5 Å². The summed E-state index contributed by atoms with van der Waals surface area (Å²) in [4.78, 5) is 69.9. The van der Waals surface area contributed by atoms with E-state index in [-0.39, 0.29) is 70.1 Å². The predicted octanol–water partition coefficient (Wildman–Crippen LogP) is 1.18. The van der Waals surface area contributed by atoms with E-state index in [4.69, 9.17) is 23.7 Å². The third-order valence-electron chi connectivity index (χ3n) is 4.35. The molecule has 0 bridgehead atoms. The van der Waals surface area contributed by atoms with Gasteiger partial charge in [0.2, 0.25) is 0 Å². The molecule has 0 heterocycles. The van der Waals surface area contributed by atoms with Crippen molar-refractivity contribution in [2.75, 3.05) is 53.2 Å². The van der Waals surface area contributed by atoms with Gasteiger partial charge in [0.25, 0.3) is 0 Å². The second-order valence-corrected chi connectivity index (χ2v) is 8.39. The summed E-state index contributed by atoms with van der Waals surface area (Å²) >= 11 is 0. The average Bonchev–Trinajstić information content (AvgIpc) is 2.88. The summed E-state index contributed by atoms with van der Waals surface area (Å²) in [5.41, 5.74) is -0.753. The van der Waals surface area contributed by atoms with E-state index in [1.807, 2.05) is 0 Å². The normalized spacial score (nSPS) is 10.3. The molecule has 0 aliphatic carbocycles. The van der Waals surface area contributed by atoms with E-state index in [0.29, 0.717) is 0 Å². The summed E-state index contributed by atoms with van der Waals surface area (Å²) in [6, 6.07) is 0. The Labute approximate surface area is 221 Å². The van der Waals surface area contributed by atoms with Crippen LogP contribution in [0.3, 0.4) is 0 Å². The Morgan fingerprint density at radius 1 is 0.658 bits per heavy atom. The van der Waals surface area contributed by atoms with Crippen LogP contribution < -0.4 is 10.6 Å². The molecule has 0 spiro atoms. The number of methoxy groups -OCH3 is 1. The molecule has 0 aliphatic heterocycles. The lowest BCUT2D eigenvalue weighted by Gasteiger charge is -2.28. The van der Waals surface area contributed by atoms with Crippen molar-refractivity contribution in [1.29, 1.82) is 0 Å². The van der Waals surface area contributed by atoms with Crippen molar-refractivity contribution in [2.24, 2.45) is 5.41 Å². The van der Waals surface area contributed by atoms with Crippen LogP contribution in [0.5, 0.6) is 0 Å². The van der Waals surface area contributed by atoms with Gasteiger partial charge in [0.1, 0.15) is 33.0 Å². The number of amides is 2. The van der Waals surface area contributed by atoms with E-state index in [0.717, 1.165) is 0 Å². The minimum absolute atomic E-state index is 0.0358. The number of hydrogen-bond donors (Lipinski definition) is 2. The van der Waals surface area contributed by atoms with Crippen molar-refractivity contribution in [3.63, 3.8) is 0 Å². The molecule has 38 heavy (non-hydrogen) atoms. The van der Waals surface area contributed by atoms with Crippen LogP contribution in [0.1, 0.15) is 33.6 Å². The zero-order valence-electron chi connectivity index (χ0n) is 22.2. The lowest BCUT2D eigenvalue weighted by atomic mass is 9.94. The van der Waals surface area contributed by atoms with E-state index in [1.165, 1.54) is 27.9 Å². The van der Waals surface area contributed by atoms with Gasteiger partial charge in [0.15, 0.2) is 0 Å². The van der Waals surface area contributed by atoms with E-state index >= 15 is 0 Å². The Hall–Kier alpha value is -4.10. The van der Waals surface area contributed by atoms with Gasteiger partial charge in [-0.05, 0) is 20.8 Å². The van der Waals surface area contributed by atoms with Gasteiger partial charge in [-0.2, -0.15) is 0 Å². The zero-order valence-corrected chi connectivity index (χ0v) is 22.2. The summed E-state index contributed by atoms with van der Waals surface area (Å²) in [7, 11) is 1.19. The molecule has 0 rings (SSSR count). The van der Waals surface area contributed by atoms with Gasteiger partial charge in [0.05, 0.1) is 38.5 Å². The fourth-order valence-corrected chi connectivity index (χ4v) is 2.18. The number of alkyl carbamates (subject to hydrolysis) is 2. The van der Waals surface area contributed by atoms with Crippen molar-refractivity contribution in [1.82, 2.24) is 10.6 Å². The number of nitrogens with one attached hydrogen (secondary N) is 2. The summed E-state index contributed by atoms with van der Waals surface area (Å²) in [6.07, 6.45) is -2.14. The molecule has 2 amide bonds. The molecule has 0 aromatic carbocycles. The molecule has 0 unspecified atom stereocenters. The number of carbonyl (C=O) groups excluding carboxylic acids is 6. The molecule has 0 aromatic rings. The van der Waals surface area contributed by atoms with Crippen molar-refractivity contribution in [2.45, 2.75) is 33.6 Å². The maximum Gasteiger partial charge on any atom is 0.407 e. The van der Waals surface area contributed by atoms with Gasteiger partial charge < -0.3 is 39.1 Å². The van der Waals surface area contributed by atoms with Crippen LogP contribution in [0.2, 0.25) is 0 Å². The van der Waals surface area contributed by atoms with Gasteiger partial charge in [-0.1, -0.05) is 13.2 Å². The predicted molar refractivity (Wildman–Crippen MR) is 131 cm³/mol. The van der Waals surface area contributed by atoms with Crippen LogP contribution in [0.4, 0.5) is 9.59 Å². The summed E-state index contributed by atoms with van der Waals surface area (Å²) in [5.74, 6) is -2.51. The molecular weight excluding hydrogens is 508 g/mol. The maximum absolute atomic E-state index is 12.0. The highest BCUT2D eigenvalue weighted by atomic mass is 16.6. The highest BCUT2D eigenvalue weighted by molar-refractivity contribution is 5.87. The van der Waals surface area contributed by atoms with E-state index < -0.39 is 41.5 Å². The lowest BCUT2D eigenvalue weighted by molar-refractivity contribution is -0.152. The van der Waals surface area contributed by atoms with E-state index in [1.54, 1.807) is 0 Å². The number of rotatable bonds is 17. The molecule has 0 saturated heterocycles. The zero-order chi connectivity index (χ0) is 29.1. The fourth-order valence-electron chi connectivity index (χ4n) is 2.18. The molecule has 0 saturated carbocycles. The Morgan fingerprint density at radius 3 is 1.45 bits per heavy atom. The summed E-state index contributed by atoms with van der Waals surface area (Å²) in [6.45, 7) is 10.1. The third kappa shape index (κ3) is 16.5. The molecule has 0 atom stereocenters. The first-order valence-corrected chi connectivity index (χ1v) is 11.5. The molecule has 0 radical (unpaired) electrons. The van der Waals surface area contributed by atoms with Crippen LogP contribution in [0.15, 0.2) is 24.3 Å². The van der Waals surface area contributed by atoms with Crippen molar-refractivity contribution in [3.05, 3.63) is 24.3 Å². The van der Waals surface area contributed by atoms with Crippen LogP contribution in [-0.4, -0.2) is 89.3 Å². The largest absolute Gasteiger partial charge is 0.469 e. The average molecular weight is 545 g/mol. The van der Waals surface area contributed by atoms with Gasteiger partial charge in [-0.15, -0.1) is 0 Å². The van der Waals surface area contributed by atoms with Crippen LogP contribution in [0, 0.1) is 5.41 Å². The Balaban J connectivity index is 4.80. The summed E-state index contributed by atoms with van der Waals surface area (Å²) in [5, 5.41) is 4.75. The van der Waals surface area contributed by atoms with E-state index in [9.17, 15) is 28.8 Å². The minimum Gasteiger partial charge on any atom is -0.469 e. The third-order valence-corrected chi connectivity index (χ3v) is 4.35.